The molecule has 7 N–H and O–H groups in total. The van der Waals surface area contributed by atoms with Gasteiger partial charge in [0.1, 0.15) is 5.75 Å². The monoisotopic (exact) mass is 278 g/mol. The van der Waals surface area contributed by atoms with E-state index in [0.29, 0.717) is 11.1 Å². The molecule has 0 saturated carbocycles. The van der Waals surface area contributed by atoms with Crippen LogP contribution in [0, 0.1) is 6.92 Å². The fourth-order valence-corrected chi connectivity index (χ4v) is 1.36. The van der Waals surface area contributed by atoms with E-state index in [1.165, 1.54) is 12.4 Å². The van der Waals surface area contributed by atoms with Crippen molar-refractivity contribution < 1.29 is 14.7 Å². The molecule has 106 valence electrons. The zero-order valence-corrected chi connectivity index (χ0v) is 10.6. The number of hydrazone groups is 2. The summed E-state index contributed by atoms with van der Waals surface area (Å²) < 4.78 is 0. The maximum atomic E-state index is 10.5. The van der Waals surface area contributed by atoms with Crippen LogP contribution in [-0.2, 0) is 0 Å². The molecule has 0 aliphatic rings. The van der Waals surface area contributed by atoms with Crippen molar-refractivity contribution in [3.63, 3.8) is 0 Å². The van der Waals surface area contributed by atoms with Crippen molar-refractivity contribution in [1.82, 2.24) is 10.9 Å². The highest BCUT2D eigenvalue weighted by atomic mass is 16.3. The smallest absolute Gasteiger partial charge is 0.332 e. The largest absolute Gasteiger partial charge is 0.507 e. The lowest BCUT2D eigenvalue weighted by atomic mass is 10.1. The van der Waals surface area contributed by atoms with Crippen LogP contribution in [-0.4, -0.2) is 29.6 Å². The van der Waals surface area contributed by atoms with E-state index in [1.54, 1.807) is 19.1 Å². The van der Waals surface area contributed by atoms with Crippen LogP contribution in [0.25, 0.3) is 0 Å². The first kappa shape index (κ1) is 15.0. The molecule has 20 heavy (non-hydrogen) atoms. The second-order valence-electron chi connectivity index (χ2n) is 3.76. The third-order valence-electron chi connectivity index (χ3n) is 2.07. The van der Waals surface area contributed by atoms with E-state index in [2.05, 4.69) is 10.2 Å². The average Bonchev–Trinajstić information content (AvgIpc) is 2.33. The van der Waals surface area contributed by atoms with E-state index < -0.39 is 12.1 Å². The first-order chi connectivity index (χ1) is 9.40. The topological polar surface area (TPSA) is 155 Å². The summed E-state index contributed by atoms with van der Waals surface area (Å²) in [7, 11) is 0. The molecule has 0 aliphatic carbocycles. The molecule has 0 fully saturated rings. The summed E-state index contributed by atoms with van der Waals surface area (Å²) in [6, 6.07) is 1.64. The maximum absolute atomic E-state index is 10.5. The highest BCUT2D eigenvalue weighted by molar-refractivity contribution is 5.92. The first-order valence-electron chi connectivity index (χ1n) is 5.40. The third-order valence-corrected chi connectivity index (χ3v) is 2.07. The lowest BCUT2D eigenvalue weighted by molar-refractivity contribution is 0.248. The number of nitrogens with one attached hydrogen (secondary N) is 2. The number of aryl methyl sites for hydroxylation is 1. The molecule has 0 unspecified atom stereocenters. The molecule has 0 saturated heterocycles. The minimum Gasteiger partial charge on any atom is -0.507 e. The molecule has 0 aromatic heterocycles. The Morgan fingerprint density at radius 2 is 1.50 bits per heavy atom. The Morgan fingerprint density at radius 1 is 1.10 bits per heavy atom. The van der Waals surface area contributed by atoms with Gasteiger partial charge in [0.25, 0.3) is 0 Å². The third kappa shape index (κ3) is 4.64. The Bertz CT molecular complexity index is 535. The number of benzene rings is 1. The molecule has 9 heteroatoms. The molecule has 0 bridgehead atoms. The van der Waals surface area contributed by atoms with Crippen LogP contribution in [0.5, 0.6) is 5.75 Å². The summed E-state index contributed by atoms with van der Waals surface area (Å²) in [4.78, 5) is 21.0. The Hall–Kier alpha value is -3.10. The molecule has 0 atom stereocenters. The number of rotatable bonds is 4. The molecule has 1 rings (SSSR count). The van der Waals surface area contributed by atoms with Crippen LogP contribution in [0.1, 0.15) is 16.7 Å². The molecule has 9 nitrogen and oxygen atoms in total. The number of carbonyl (C=O) groups excluding carboxylic acids is 2. The van der Waals surface area contributed by atoms with Gasteiger partial charge in [0.2, 0.25) is 0 Å². The lowest BCUT2D eigenvalue weighted by Gasteiger charge is -2.05. The summed E-state index contributed by atoms with van der Waals surface area (Å²) in [6.45, 7) is 1.79. The minimum atomic E-state index is -0.819. The summed E-state index contributed by atoms with van der Waals surface area (Å²) in [5.74, 6) is -0.124. The predicted octanol–water partition coefficient (Wildman–Crippen LogP) is -0.295. The highest BCUT2D eigenvalue weighted by Gasteiger charge is 2.06. The number of nitrogens with two attached hydrogens (primary N) is 2. The van der Waals surface area contributed by atoms with Gasteiger partial charge in [-0.2, -0.15) is 10.2 Å². The molecular weight excluding hydrogens is 264 g/mol. The van der Waals surface area contributed by atoms with Crippen LogP contribution < -0.4 is 22.3 Å². The van der Waals surface area contributed by atoms with Crippen molar-refractivity contribution in [2.45, 2.75) is 6.92 Å². The molecule has 0 aliphatic heterocycles. The number of phenolic OH excluding ortho intramolecular Hbond substituents is 1. The molecular formula is C11H14N6O3. The van der Waals surface area contributed by atoms with E-state index in [4.69, 9.17) is 11.5 Å². The van der Waals surface area contributed by atoms with Crippen molar-refractivity contribution in [1.29, 1.82) is 0 Å². The minimum absolute atomic E-state index is 0.124. The van der Waals surface area contributed by atoms with Gasteiger partial charge >= 0.3 is 12.1 Å². The molecule has 1 aromatic rings. The van der Waals surface area contributed by atoms with Crippen LogP contribution in [0.4, 0.5) is 9.59 Å². The number of phenols is 1. The van der Waals surface area contributed by atoms with Gasteiger partial charge in [0.05, 0.1) is 12.4 Å². The van der Waals surface area contributed by atoms with E-state index in [9.17, 15) is 14.7 Å². The van der Waals surface area contributed by atoms with E-state index in [-0.39, 0.29) is 5.75 Å². The Kier molecular flexibility index (Phi) is 5.03. The van der Waals surface area contributed by atoms with Crippen molar-refractivity contribution in [2.75, 3.05) is 0 Å². The number of carbonyl (C=O) groups is 2. The Balaban J connectivity index is 3.00. The van der Waals surface area contributed by atoms with Gasteiger partial charge < -0.3 is 16.6 Å². The van der Waals surface area contributed by atoms with Crippen molar-refractivity contribution in [3.8, 4) is 5.75 Å². The number of hydrogen-bond donors (Lipinski definition) is 5. The number of primary amides is 2. The first-order valence-corrected chi connectivity index (χ1v) is 5.40. The van der Waals surface area contributed by atoms with Gasteiger partial charge in [0.15, 0.2) is 0 Å². The molecule has 1 aromatic carbocycles. The van der Waals surface area contributed by atoms with Crippen molar-refractivity contribution >= 4 is 24.5 Å². The summed E-state index contributed by atoms with van der Waals surface area (Å²) in [5, 5.41) is 17.1. The van der Waals surface area contributed by atoms with E-state index >= 15 is 0 Å². The van der Waals surface area contributed by atoms with Crippen LogP contribution in [0.3, 0.4) is 0 Å². The summed E-state index contributed by atoms with van der Waals surface area (Å²) in [6.07, 6.45) is 2.46. The van der Waals surface area contributed by atoms with Gasteiger partial charge in [-0.25, -0.2) is 20.4 Å². The highest BCUT2D eigenvalue weighted by Crippen LogP contribution is 2.21. The number of amides is 4. The summed E-state index contributed by atoms with van der Waals surface area (Å²) >= 11 is 0. The zero-order valence-electron chi connectivity index (χ0n) is 10.6. The quantitative estimate of drug-likeness (QED) is 0.379. The molecule has 0 radical (unpaired) electrons. The van der Waals surface area contributed by atoms with E-state index in [1.807, 2.05) is 10.9 Å². The molecule has 0 heterocycles. The van der Waals surface area contributed by atoms with Crippen molar-refractivity contribution in [2.24, 2.45) is 21.7 Å². The van der Waals surface area contributed by atoms with Gasteiger partial charge in [-0.1, -0.05) is 0 Å². The number of nitrogens with zero attached hydrogens (tertiary/aromatic N) is 2. The van der Waals surface area contributed by atoms with Gasteiger partial charge in [0, 0.05) is 11.1 Å². The number of urea groups is 2. The second-order valence-corrected chi connectivity index (χ2v) is 3.76. The molecule has 0 spiro atoms. The van der Waals surface area contributed by atoms with Gasteiger partial charge in [-0.05, 0) is 24.6 Å². The van der Waals surface area contributed by atoms with E-state index in [0.717, 1.165) is 5.56 Å². The van der Waals surface area contributed by atoms with Crippen LogP contribution >= 0.6 is 0 Å². The Morgan fingerprint density at radius 3 is 1.85 bits per heavy atom. The lowest BCUT2D eigenvalue weighted by Crippen LogP contribution is -2.24. The van der Waals surface area contributed by atoms with Crippen LogP contribution in [0.15, 0.2) is 22.3 Å². The summed E-state index contributed by atoms with van der Waals surface area (Å²) in [5.41, 5.74) is 15.2. The maximum Gasteiger partial charge on any atom is 0.332 e. The number of aromatic hydroxyl groups is 1. The zero-order chi connectivity index (χ0) is 15.1. The van der Waals surface area contributed by atoms with Gasteiger partial charge in [-0.3, -0.25) is 0 Å². The fourth-order valence-electron chi connectivity index (χ4n) is 1.36. The predicted molar refractivity (Wildman–Crippen MR) is 73.5 cm³/mol. The average molecular weight is 278 g/mol. The normalized spacial score (nSPS) is 10.8. The number of hydrogen-bond acceptors (Lipinski definition) is 5. The van der Waals surface area contributed by atoms with Crippen molar-refractivity contribution in [3.05, 3.63) is 28.8 Å². The van der Waals surface area contributed by atoms with Gasteiger partial charge in [-0.15, -0.1) is 0 Å². The Labute approximate surface area is 114 Å². The fraction of sp³-hybridized carbons (Fsp3) is 0.0909. The van der Waals surface area contributed by atoms with Crippen LogP contribution in [0.2, 0.25) is 0 Å². The molecule has 4 amide bonds. The SMILES string of the molecule is Cc1cc(C=NNC(N)=O)c(O)c(C=NNC(N)=O)c1. The second kappa shape index (κ2) is 6.73. The standard InChI is InChI=1S/C11H14N6O3/c1-6-2-7(4-14-16-10(12)19)9(18)8(3-6)5-15-17-11(13)20/h2-5,18H,1H3,(H3,12,16,19)(H3,13,17,20).